The van der Waals surface area contributed by atoms with Gasteiger partial charge in [-0.05, 0) is 17.5 Å². The van der Waals surface area contributed by atoms with Crippen LogP contribution in [-0.4, -0.2) is 9.97 Å². The first-order chi connectivity index (χ1) is 6.68. The van der Waals surface area contributed by atoms with E-state index in [9.17, 15) is 4.79 Å². The van der Waals surface area contributed by atoms with E-state index in [0.29, 0.717) is 11.4 Å². The molecule has 2 aromatic heterocycles. The van der Waals surface area contributed by atoms with Crippen LogP contribution in [0.25, 0.3) is 11.0 Å². The number of aromatic amines is 1. The highest BCUT2D eigenvalue weighted by molar-refractivity contribution is 5.73. The van der Waals surface area contributed by atoms with Crippen molar-refractivity contribution in [2.45, 2.75) is 19.8 Å². The maximum absolute atomic E-state index is 11.4. The third-order valence-corrected chi connectivity index (χ3v) is 2.28. The lowest BCUT2D eigenvalue weighted by atomic mass is 10.1. The number of fused-ring (bicyclic) bond motifs is 1. The molecule has 0 aliphatic heterocycles. The maximum Gasteiger partial charge on any atom is 0.207 e. The standard InChI is InChI=1S/C11H12N2O/c1-7(2)8-5-9-11(13-6-8)10(14)3-4-12-9/h3-7H,1-2H3,(H,12,14). The molecule has 0 atom stereocenters. The van der Waals surface area contributed by atoms with E-state index in [-0.39, 0.29) is 5.43 Å². The van der Waals surface area contributed by atoms with Crippen molar-refractivity contribution in [3.8, 4) is 0 Å². The monoisotopic (exact) mass is 188 g/mol. The molecule has 0 amide bonds. The average Bonchev–Trinajstić information content (AvgIpc) is 2.17. The van der Waals surface area contributed by atoms with Crippen molar-refractivity contribution in [3.63, 3.8) is 0 Å². The van der Waals surface area contributed by atoms with Crippen molar-refractivity contribution < 1.29 is 0 Å². The van der Waals surface area contributed by atoms with Crippen molar-refractivity contribution in [1.82, 2.24) is 9.97 Å². The molecule has 0 saturated heterocycles. The Morgan fingerprint density at radius 3 is 2.93 bits per heavy atom. The zero-order chi connectivity index (χ0) is 10.1. The Morgan fingerprint density at radius 1 is 1.43 bits per heavy atom. The number of pyridine rings is 2. The van der Waals surface area contributed by atoms with Crippen LogP contribution < -0.4 is 5.43 Å². The van der Waals surface area contributed by atoms with Crippen LogP contribution in [-0.2, 0) is 0 Å². The Morgan fingerprint density at radius 2 is 2.21 bits per heavy atom. The summed E-state index contributed by atoms with van der Waals surface area (Å²) >= 11 is 0. The number of hydrogen-bond acceptors (Lipinski definition) is 2. The smallest absolute Gasteiger partial charge is 0.207 e. The zero-order valence-electron chi connectivity index (χ0n) is 8.24. The van der Waals surface area contributed by atoms with E-state index in [1.54, 1.807) is 12.4 Å². The van der Waals surface area contributed by atoms with Gasteiger partial charge in [0, 0.05) is 18.5 Å². The summed E-state index contributed by atoms with van der Waals surface area (Å²) in [6.07, 6.45) is 3.42. The number of aromatic nitrogens is 2. The largest absolute Gasteiger partial charge is 0.360 e. The van der Waals surface area contributed by atoms with Crippen LogP contribution in [0.4, 0.5) is 0 Å². The fourth-order valence-electron chi connectivity index (χ4n) is 1.39. The van der Waals surface area contributed by atoms with E-state index >= 15 is 0 Å². The molecule has 0 spiro atoms. The molecule has 0 fully saturated rings. The molecule has 72 valence electrons. The van der Waals surface area contributed by atoms with Gasteiger partial charge in [-0.1, -0.05) is 13.8 Å². The Hall–Kier alpha value is -1.64. The maximum atomic E-state index is 11.4. The van der Waals surface area contributed by atoms with Crippen molar-refractivity contribution in [3.05, 3.63) is 40.3 Å². The first kappa shape index (κ1) is 8.94. The minimum absolute atomic E-state index is 0.0333. The molecule has 0 aliphatic carbocycles. The molecule has 3 nitrogen and oxygen atoms in total. The SMILES string of the molecule is CC(C)c1cnc2c(=O)cc[nH]c2c1. The lowest BCUT2D eigenvalue weighted by Crippen LogP contribution is -2.03. The number of nitrogens with zero attached hydrogens (tertiary/aromatic N) is 1. The highest BCUT2D eigenvalue weighted by atomic mass is 16.1. The molecule has 2 heterocycles. The van der Waals surface area contributed by atoms with Crippen molar-refractivity contribution in [2.24, 2.45) is 0 Å². The Labute approximate surface area is 81.8 Å². The van der Waals surface area contributed by atoms with Gasteiger partial charge in [-0.3, -0.25) is 9.78 Å². The molecule has 0 saturated carbocycles. The second-order valence-corrected chi connectivity index (χ2v) is 3.66. The average molecular weight is 188 g/mol. The van der Waals surface area contributed by atoms with E-state index in [4.69, 9.17) is 0 Å². The molecule has 14 heavy (non-hydrogen) atoms. The van der Waals surface area contributed by atoms with Gasteiger partial charge >= 0.3 is 0 Å². The van der Waals surface area contributed by atoms with Crippen LogP contribution >= 0.6 is 0 Å². The number of rotatable bonds is 1. The van der Waals surface area contributed by atoms with Gasteiger partial charge in [0.1, 0.15) is 5.52 Å². The van der Waals surface area contributed by atoms with E-state index in [1.165, 1.54) is 6.07 Å². The van der Waals surface area contributed by atoms with Gasteiger partial charge in [0.05, 0.1) is 5.52 Å². The molecule has 0 aromatic carbocycles. The van der Waals surface area contributed by atoms with Crippen LogP contribution in [0.1, 0.15) is 25.3 Å². The van der Waals surface area contributed by atoms with Crippen molar-refractivity contribution in [1.29, 1.82) is 0 Å². The molecular weight excluding hydrogens is 176 g/mol. The third-order valence-electron chi connectivity index (χ3n) is 2.28. The molecule has 0 aliphatic rings. The van der Waals surface area contributed by atoms with Gasteiger partial charge in [0.15, 0.2) is 0 Å². The highest BCUT2D eigenvalue weighted by Gasteiger charge is 2.03. The fourth-order valence-corrected chi connectivity index (χ4v) is 1.39. The lowest BCUT2D eigenvalue weighted by Gasteiger charge is -2.04. The quantitative estimate of drug-likeness (QED) is 0.744. The van der Waals surface area contributed by atoms with Gasteiger partial charge in [-0.25, -0.2) is 0 Å². The number of hydrogen-bond donors (Lipinski definition) is 1. The summed E-state index contributed by atoms with van der Waals surface area (Å²) < 4.78 is 0. The summed E-state index contributed by atoms with van der Waals surface area (Å²) in [5.74, 6) is 0.426. The van der Waals surface area contributed by atoms with E-state index < -0.39 is 0 Å². The minimum atomic E-state index is -0.0333. The third kappa shape index (κ3) is 1.41. The van der Waals surface area contributed by atoms with Crippen LogP contribution in [0, 0.1) is 0 Å². The summed E-state index contributed by atoms with van der Waals surface area (Å²) in [7, 11) is 0. The van der Waals surface area contributed by atoms with E-state index in [2.05, 4.69) is 23.8 Å². The highest BCUT2D eigenvalue weighted by Crippen LogP contribution is 2.15. The fraction of sp³-hybridized carbons (Fsp3) is 0.273. The summed E-state index contributed by atoms with van der Waals surface area (Å²) in [6.45, 7) is 4.20. The summed E-state index contributed by atoms with van der Waals surface area (Å²) in [6, 6.07) is 3.47. The van der Waals surface area contributed by atoms with E-state index in [0.717, 1.165) is 11.1 Å². The zero-order valence-corrected chi connectivity index (χ0v) is 8.24. The van der Waals surface area contributed by atoms with Crippen LogP contribution in [0.15, 0.2) is 29.3 Å². The van der Waals surface area contributed by atoms with Crippen molar-refractivity contribution in [2.75, 3.05) is 0 Å². The molecule has 0 radical (unpaired) electrons. The molecule has 0 unspecified atom stereocenters. The minimum Gasteiger partial charge on any atom is -0.360 e. The first-order valence-corrected chi connectivity index (χ1v) is 4.66. The molecule has 0 bridgehead atoms. The normalized spacial score (nSPS) is 11.1. The number of nitrogens with one attached hydrogen (secondary N) is 1. The number of H-pyrrole nitrogens is 1. The van der Waals surface area contributed by atoms with Gasteiger partial charge in [0.2, 0.25) is 5.43 Å². The second kappa shape index (κ2) is 3.25. The van der Waals surface area contributed by atoms with E-state index in [1.807, 2.05) is 6.07 Å². The Bertz CT molecular complexity index is 514. The van der Waals surface area contributed by atoms with Gasteiger partial charge < -0.3 is 4.98 Å². The molecule has 2 aromatic rings. The summed E-state index contributed by atoms with van der Waals surface area (Å²) in [5, 5.41) is 0. The Kier molecular flexibility index (Phi) is 2.08. The second-order valence-electron chi connectivity index (χ2n) is 3.66. The Balaban J connectivity index is 2.74. The predicted octanol–water partition coefficient (Wildman–Crippen LogP) is 2.05. The molecule has 2 rings (SSSR count). The van der Waals surface area contributed by atoms with Crippen LogP contribution in [0.2, 0.25) is 0 Å². The van der Waals surface area contributed by atoms with Crippen LogP contribution in [0.5, 0.6) is 0 Å². The van der Waals surface area contributed by atoms with Crippen LogP contribution in [0.3, 0.4) is 0 Å². The summed E-state index contributed by atoms with van der Waals surface area (Å²) in [5.41, 5.74) is 2.43. The predicted molar refractivity (Wildman–Crippen MR) is 56.5 cm³/mol. The van der Waals surface area contributed by atoms with Gasteiger partial charge in [-0.15, -0.1) is 0 Å². The molecular formula is C11H12N2O. The lowest BCUT2D eigenvalue weighted by molar-refractivity contribution is 0.861. The molecule has 3 heteroatoms. The summed E-state index contributed by atoms with van der Waals surface area (Å²) in [4.78, 5) is 18.6. The van der Waals surface area contributed by atoms with Crippen molar-refractivity contribution >= 4 is 11.0 Å². The molecule has 1 N–H and O–H groups in total. The van der Waals surface area contributed by atoms with Gasteiger partial charge in [-0.2, -0.15) is 0 Å². The topological polar surface area (TPSA) is 45.8 Å². The van der Waals surface area contributed by atoms with Gasteiger partial charge in [0.25, 0.3) is 0 Å². The first-order valence-electron chi connectivity index (χ1n) is 4.66.